The molecule has 0 atom stereocenters. The Labute approximate surface area is 173 Å². The Morgan fingerprint density at radius 3 is 2.10 bits per heavy atom. The van der Waals surface area contributed by atoms with E-state index in [2.05, 4.69) is 5.32 Å². The number of rotatable bonds is 13. The summed E-state index contributed by atoms with van der Waals surface area (Å²) in [5, 5.41) is 2.86. The lowest BCUT2D eigenvalue weighted by molar-refractivity contribution is -0.121. The summed E-state index contributed by atoms with van der Waals surface area (Å²) in [4.78, 5) is 24.1. The molecule has 0 unspecified atom stereocenters. The molecule has 0 aliphatic rings. The summed E-state index contributed by atoms with van der Waals surface area (Å²) in [5.41, 5.74) is 1.81. The van der Waals surface area contributed by atoms with Gasteiger partial charge in [0.1, 0.15) is 11.5 Å². The number of amides is 1. The summed E-state index contributed by atoms with van der Waals surface area (Å²) in [6.07, 6.45) is 3.05. The highest BCUT2D eigenvalue weighted by molar-refractivity contribution is 5.98. The molecule has 156 valence electrons. The Balaban J connectivity index is 1.55. The molecule has 1 amide bonds. The Morgan fingerprint density at radius 1 is 0.828 bits per heavy atom. The molecule has 2 aromatic rings. The number of carbonyl (C=O) groups is 2. The third kappa shape index (κ3) is 8.81. The number of hydrogen-bond donors (Lipinski definition) is 1. The van der Waals surface area contributed by atoms with E-state index in [0.717, 1.165) is 30.8 Å². The zero-order valence-electron chi connectivity index (χ0n) is 17.4. The SMILES string of the molecule is CCCOc1ccc(C(=O)CCC(=O)NCCCCOc2ccc(C)cc2)cc1. The molecule has 29 heavy (non-hydrogen) atoms. The van der Waals surface area contributed by atoms with Crippen LogP contribution in [0.4, 0.5) is 0 Å². The van der Waals surface area contributed by atoms with Gasteiger partial charge in [-0.3, -0.25) is 9.59 Å². The minimum atomic E-state index is -0.0966. The zero-order valence-corrected chi connectivity index (χ0v) is 17.4. The number of hydrogen-bond acceptors (Lipinski definition) is 4. The fraction of sp³-hybridized carbons (Fsp3) is 0.417. The average Bonchev–Trinajstić information content (AvgIpc) is 2.74. The first-order chi connectivity index (χ1) is 14.1. The maximum absolute atomic E-state index is 12.2. The van der Waals surface area contributed by atoms with E-state index in [4.69, 9.17) is 9.47 Å². The highest BCUT2D eigenvalue weighted by Gasteiger charge is 2.09. The second-order valence-corrected chi connectivity index (χ2v) is 7.01. The second-order valence-electron chi connectivity index (χ2n) is 7.01. The molecule has 0 spiro atoms. The first-order valence-corrected chi connectivity index (χ1v) is 10.3. The van der Waals surface area contributed by atoms with Crippen molar-refractivity contribution < 1.29 is 19.1 Å². The summed E-state index contributed by atoms with van der Waals surface area (Å²) in [6.45, 7) is 5.95. The van der Waals surface area contributed by atoms with E-state index in [1.54, 1.807) is 24.3 Å². The number of unbranched alkanes of at least 4 members (excludes halogenated alkanes) is 1. The van der Waals surface area contributed by atoms with E-state index in [-0.39, 0.29) is 24.5 Å². The molecular formula is C24H31NO4. The fourth-order valence-corrected chi connectivity index (χ4v) is 2.70. The minimum absolute atomic E-state index is 0.0336. The number of Topliss-reactive ketones (excluding diaryl/α,β-unsaturated/α-hetero) is 1. The molecule has 0 aromatic heterocycles. The lowest BCUT2D eigenvalue weighted by Gasteiger charge is -2.08. The van der Waals surface area contributed by atoms with Gasteiger partial charge in [0.25, 0.3) is 0 Å². The Hall–Kier alpha value is -2.82. The molecule has 1 N–H and O–H groups in total. The summed E-state index contributed by atoms with van der Waals surface area (Å²) < 4.78 is 11.2. The van der Waals surface area contributed by atoms with Crippen LogP contribution in [0.25, 0.3) is 0 Å². The van der Waals surface area contributed by atoms with Crippen LogP contribution in [0.5, 0.6) is 11.5 Å². The maximum Gasteiger partial charge on any atom is 0.220 e. The van der Waals surface area contributed by atoms with Gasteiger partial charge in [0.15, 0.2) is 5.78 Å². The van der Waals surface area contributed by atoms with Crippen LogP contribution in [-0.2, 0) is 4.79 Å². The zero-order chi connectivity index (χ0) is 20.9. The summed E-state index contributed by atoms with van der Waals surface area (Å²) in [5.74, 6) is 1.49. The first kappa shape index (κ1) is 22.5. The molecule has 0 fully saturated rings. The van der Waals surface area contributed by atoms with E-state index in [1.165, 1.54) is 5.56 Å². The van der Waals surface area contributed by atoms with Gasteiger partial charge in [-0.1, -0.05) is 24.6 Å². The second kappa shape index (κ2) is 12.6. The Kier molecular flexibility index (Phi) is 9.76. The van der Waals surface area contributed by atoms with Crippen molar-refractivity contribution in [3.8, 4) is 11.5 Å². The van der Waals surface area contributed by atoms with E-state index >= 15 is 0 Å². The number of nitrogens with one attached hydrogen (secondary N) is 1. The molecule has 5 nitrogen and oxygen atoms in total. The summed E-state index contributed by atoms with van der Waals surface area (Å²) in [7, 11) is 0. The lowest BCUT2D eigenvalue weighted by Crippen LogP contribution is -2.25. The number of ketones is 1. The first-order valence-electron chi connectivity index (χ1n) is 10.3. The smallest absolute Gasteiger partial charge is 0.220 e. The third-order valence-corrected chi connectivity index (χ3v) is 4.41. The van der Waals surface area contributed by atoms with Crippen LogP contribution in [0.1, 0.15) is 54.9 Å². The minimum Gasteiger partial charge on any atom is -0.494 e. The van der Waals surface area contributed by atoms with Crippen molar-refractivity contribution in [2.45, 2.75) is 46.0 Å². The lowest BCUT2D eigenvalue weighted by atomic mass is 10.1. The van der Waals surface area contributed by atoms with Crippen molar-refractivity contribution in [2.75, 3.05) is 19.8 Å². The number of ether oxygens (including phenoxy) is 2. The predicted molar refractivity (Wildman–Crippen MR) is 115 cm³/mol. The van der Waals surface area contributed by atoms with Gasteiger partial charge in [0.05, 0.1) is 13.2 Å². The maximum atomic E-state index is 12.2. The van der Waals surface area contributed by atoms with Gasteiger partial charge in [-0.25, -0.2) is 0 Å². The van der Waals surface area contributed by atoms with Crippen molar-refractivity contribution in [2.24, 2.45) is 0 Å². The van der Waals surface area contributed by atoms with Crippen molar-refractivity contribution in [3.05, 3.63) is 59.7 Å². The van der Waals surface area contributed by atoms with E-state index in [1.807, 2.05) is 38.1 Å². The Bertz CT molecular complexity index is 753. The largest absolute Gasteiger partial charge is 0.494 e. The highest BCUT2D eigenvalue weighted by atomic mass is 16.5. The van der Waals surface area contributed by atoms with Crippen LogP contribution in [0, 0.1) is 6.92 Å². The monoisotopic (exact) mass is 397 g/mol. The van der Waals surface area contributed by atoms with Crippen LogP contribution in [0.2, 0.25) is 0 Å². The van der Waals surface area contributed by atoms with Gasteiger partial charge in [0.2, 0.25) is 5.91 Å². The molecule has 0 aliphatic carbocycles. The van der Waals surface area contributed by atoms with Gasteiger partial charge in [0, 0.05) is 24.9 Å². The quantitative estimate of drug-likeness (QED) is 0.392. The molecule has 0 heterocycles. The molecule has 0 bridgehead atoms. The van der Waals surface area contributed by atoms with Gasteiger partial charge in [-0.05, 0) is 62.6 Å². The highest BCUT2D eigenvalue weighted by Crippen LogP contribution is 2.14. The van der Waals surface area contributed by atoms with Gasteiger partial charge < -0.3 is 14.8 Å². The van der Waals surface area contributed by atoms with Crippen LogP contribution < -0.4 is 14.8 Å². The van der Waals surface area contributed by atoms with Crippen LogP contribution >= 0.6 is 0 Å². The molecule has 0 radical (unpaired) electrons. The third-order valence-electron chi connectivity index (χ3n) is 4.41. The topological polar surface area (TPSA) is 64.6 Å². The molecule has 0 saturated heterocycles. The summed E-state index contributed by atoms with van der Waals surface area (Å²) >= 11 is 0. The number of carbonyl (C=O) groups excluding carboxylic acids is 2. The average molecular weight is 398 g/mol. The van der Waals surface area contributed by atoms with Crippen LogP contribution in [0.3, 0.4) is 0 Å². The van der Waals surface area contributed by atoms with Gasteiger partial charge in [-0.15, -0.1) is 0 Å². The molecule has 0 aliphatic heterocycles. The van der Waals surface area contributed by atoms with E-state index < -0.39 is 0 Å². The normalized spacial score (nSPS) is 10.4. The molecule has 2 rings (SSSR count). The number of aryl methyl sites for hydroxylation is 1. The molecule has 2 aromatic carbocycles. The predicted octanol–water partition coefficient (Wildman–Crippen LogP) is 4.72. The summed E-state index contributed by atoms with van der Waals surface area (Å²) in [6, 6.07) is 15.0. The number of benzene rings is 2. The van der Waals surface area contributed by atoms with Crippen molar-refractivity contribution >= 4 is 11.7 Å². The molecule has 5 heteroatoms. The van der Waals surface area contributed by atoms with Crippen LogP contribution in [-0.4, -0.2) is 31.4 Å². The standard InChI is InChI=1S/C24H31NO4/c1-3-17-28-22-12-8-20(9-13-22)23(26)14-15-24(27)25-16-4-5-18-29-21-10-6-19(2)7-11-21/h6-13H,3-5,14-18H2,1-2H3,(H,25,27). The molecular weight excluding hydrogens is 366 g/mol. The van der Waals surface area contributed by atoms with Crippen molar-refractivity contribution in [3.63, 3.8) is 0 Å². The van der Waals surface area contributed by atoms with Crippen LogP contribution in [0.15, 0.2) is 48.5 Å². The van der Waals surface area contributed by atoms with E-state index in [0.29, 0.717) is 25.3 Å². The van der Waals surface area contributed by atoms with Gasteiger partial charge >= 0.3 is 0 Å². The van der Waals surface area contributed by atoms with Gasteiger partial charge in [-0.2, -0.15) is 0 Å². The molecule has 0 saturated carbocycles. The van der Waals surface area contributed by atoms with Crippen molar-refractivity contribution in [1.29, 1.82) is 0 Å². The van der Waals surface area contributed by atoms with Crippen molar-refractivity contribution in [1.82, 2.24) is 5.32 Å². The Morgan fingerprint density at radius 2 is 1.45 bits per heavy atom. The van der Waals surface area contributed by atoms with E-state index in [9.17, 15) is 9.59 Å². The fourth-order valence-electron chi connectivity index (χ4n) is 2.70.